The molecular weight excluding hydrogens is 769 g/mol. The van der Waals surface area contributed by atoms with Crippen LogP contribution in [-0.2, 0) is 23.9 Å². The van der Waals surface area contributed by atoms with E-state index in [0.29, 0.717) is 45.0 Å². The summed E-state index contributed by atoms with van der Waals surface area (Å²) in [5, 5.41) is 31.2. The summed E-state index contributed by atoms with van der Waals surface area (Å²) >= 11 is 1.40. The lowest BCUT2D eigenvalue weighted by Crippen LogP contribution is -2.59. The topological polar surface area (TPSA) is 219 Å². The molecule has 310 valence electrons. The van der Waals surface area contributed by atoms with E-state index < -0.39 is 71.5 Å². The summed E-state index contributed by atoms with van der Waals surface area (Å²) in [6.07, 6.45) is 2.71. The number of fused-ring (bicyclic) bond motifs is 2. The van der Waals surface area contributed by atoms with Crippen LogP contribution in [-0.4, -0.2) is 104 Å². The second-order valence-electron chi connectivity index (χ2n) is 17.2. The third-order valence-electron chi connectivity index (χ3n) is 11.3. The van der Waals surface area contributed by atoms with Gasteiger partial charge in [-0.25, -0.2) is 24.4 Å². The van der Waals surface area contributed by atoms with Crippen LogP contribution in [0.2, 0.25) is 0 Å². The Kier molecular flexibility index (Phi) is 11.0. The Labute approximate surface area is 339 Å². The molecule has 3 aliphatic carbocycles. The van der Waals surface area contributed by atoms with E-state index in [1.165, 1.54) is 22.3 Å². The number of rotatable bonds is 15. The molecule has 16 nitrogen and oxygen atoms in total. The molecule has 17 heteroatoms. The van der Waals surface area contributed by atoms with Crippen LogP contribution in [0.4, 0.5) is 9.93 Å². The zero-order chi connectivity index (χ0) is 41.7. The first-order valence-electron chi connectivity index (χ1n) is 19.6. The predicted octanol–water partition coefficient (Wildman–Crippen LogP) is 5.08. The molecule has 3 amide bonds. The molecule has 4 aliphatic rings. The van der Waals surface area contributed by atoms with E-state index in [4.69, 9.17) is 24.2 Å². The highest BCUT2D eigenvalue weighted by Crippen LogP contribution is 2.52. The van der Waals surface area contributed by atoms with Gasteiger partial charge in [-0.15, -0.1) is 17.9 Å². The standard InChI is InChI=1S/C41H50N6O10S/c1-7-23-16-41(23,37(52)53)46-35(50)31-14-26(17-47(31)36(51)34(40(4,5)6)45-39(54)57-25-11-21-10-22(21)12-25)56-32-15-29(30-19-58-38(44-30)42-20(2)3)43-28-13-24(8-9-27(28)32)55-18-33(48)49/h7-9,13,15,19-23,25-26,31,34H,1,10-12,14,16-18H2,2-6H3,(H,42,44)(H,45,54)(H,46,50)(H,48,49)(H,52,53)/t21-,22+,23?,25+,26-,31?,34?,41-/m1/s1. The van der Waals surface area contributed by atoms with Gasteiger partial charge in [0, 0.05) is 41.3 Å². The number of aromatic nitrogens is 2. The lowest BCUT2D eigenvalue weighted by molar-refractivity contribution is -0.146. The number of alkyl carbamates (subject to hydrolysis) is 1. The van der Waals surface area contributed by atoms with E-state index in [1.54, 1.807) is 45.0 Å². The molecule has 3 saturated carbocycles. The Morgan fingerprint density at radius 2 is 1.78 bits per heavy atom. The fourth-order valence-corrected chi connectivity index (χ4v) is 8.94. The fraction of sp³-hybridized carbons (Fsp3) is 0.537. The molecular formula is C41H50N6O10S. The lowest BCUT2D eigenvalue weighted by atomic mass is 9.85. The number of aliphatic carboxylic acids is 2. The van der Waals surface area contributed by atoms with Gasteiger partial charge in [-0.05, 0) is 68.9 Å². The summed E-state index contributed by atoms with van der Waals surface area (Å²) < 4.78 is 17.9. The Morgan fingerprint density at radius 1 is 1.03 bits per heavy atom. The Bertz CT molecular complexity index is 2120. The first kappa shape index (κ1) is 40.7. The Balaban J connectivity index is 1.19. The van der Waals surface area contributed by atoms with Crippen molar-refractivity contribution in [2.75, 3.05) is 18.5 Å². The van der Waals surface area contributed by atoms with E-state index in [0.717, 1.165) is 19.3 Å². The maximum atomic E-state index is 14.7. The molecule has 3 unspecified atom stereocenters. The average molecular weight is 819 g/mol. The molecule has 1 saturated heterocycles. The number of anilines is 1. The van der Waals surface area contributed by atoms with Crippen molar-refractivity contribution in [2.45, 2.75) is 103 Å². The third kappa shape index (κ3) is 8.68. The average Bonchev–Trinajstić information content (AvgIpc) is 3.82. The minimum absolute atomic E-state index is 0.00367. The van der Waals surface area contributed by atoms with Crippen LogP contribution in [0.15, 0.2) is 42.3 Å². The molecule has 5 N–H and O–H groups in total. The SMILES string of the molecule is C=CC1C[C@]1(NC(=O)C1C[C@@H](Oc2cc(-c3csc(NC(C)C)n3)nc3cc(OCC(=O)O)ccc23)CN1C(=O)C(NC(=O)O[C@@H]1C[C@@H]2C[C@@H]2C1)C(C)(C)C)C(=O)O. The number of benzene rings is 1. The van der Waals surface area contributed by atoms with Crippen molar-refractivity contribution < 1.29 is 48.4 Å². The van der Waals surface area contributed by atoms with Gasteiger partial charge in [0.1, 0.15) is 47.0 Å². The number of nitrogens with one attached hydrogen (secondary N) is 3. The molecule has 2 aromatic heterocycles. The summed E-state index contributed by atoms with van der Waals surface area (Å²) in [5.41, 5.74) is -0.932. The highest BCUT2D eigenvalue weighted by molar-refractivity contribution is 7.14. The highest BCUT2D eigenvalue weighted by atomic mass is 32.1. The minimum Gasteiger partial charge on any atom is -0.488 e. The molecule has 8 atom stereocenters. The van der Waals surface area contributed by atoms with E-state index in [9.17, 15) is 34.2 Å². The number of thiazole rings is 1. The molecule has 0 radical (unpaired) electrons. The van der Waals surface area contributed by atoms with Gasteiger partial charge in [-0.2, -0.15) is 0 Å². The maximum Gasteiger partial charge on any atom is 0.408 e. The summed E-state index contributed by atoms with van der Waals surface area (Å²) in [4.78, 5) is 76.6. The van der Waals surface area contributed by atoms with Crippen LogP contribution in [0.25, 0.3) is 22.3 Å². The minimum atomic E-state index is -1.55. The number of pyridine rings is 1. The summed E-state index contributed by atoms with van der Waals surface area (Å²) in [6.45, 7) is 12.5. The van der Waals surface area contributed by atoms with E-state index in [-0.39, 0.29) is 37.3 Å². The zero-order valence-corrected chi connectivity index (χ0v) is 34.0. The fourth-order valence-electron chi connectivity index (χ4n) is 8.09. The number of hydrogen-bond donors (Lipinski definition) is 5. The molecule has 58 heavy (non-hydrogen) atoms. The predicted molar refractivity (Wildman–Crippen MR) is 214 cm³/mol. The number of nitrogens with zero attached hydrogens (tertiary/aromatic N) is 3. The molecule has 7 rings (SSSR count). The first-order chi connectivity index (χ1) is 27.4. The van der Waals surface area contributed by atoms with Crippen molar-refractivity contribution in [3.05, 3.63) is 42.3 Å². The second kappa shape index (κ2) is 15.7. The van der Waals surface area contributed by atoms with Gasteiger partial charge in [-0.3, -0.25) is 9.59 Å². The van der Waals surface area contributed by atoms with Gasteiger partial charge in [0.25, 0.3) is 0 Å². The monoisotopic (exact) mass is 818 g/mol. The normalized spacial score (nSPS) is 26.3. The number of ether oxygens (including phenoxy) is 3. The van der Waals surface area contributed by atoms with Gasteiger partial charge in [0.2, 0.25) is 11.8 Å². The zero-order valence-electron chi connectivity index (χ0n) is 33.2. The first-order valence-corrected chi connectivity index (χ1v) is 20.5. The molecule has 3 aromatic rings. The van der Waals surface area contributed by atoms with E-state index in [2.05, 4.69) is 22.5 Å². The van der Waals surface area contributed by atoms with Crippen LogP contribution in [0.5, 0.6) is 11.5 Å². The molecule has 4 fully saturated rings. The number of carboxylic acid groups (broad SMARTS) is 2. The third-order valence-corrected chi connectivity index (χ3v) is 12.1. The van der Waals surface area contributed by atoms with Crippen LogP contribution in [0.1, 0.15) is 66.7 Å². The van der Waals surface area contributed by atoms with Gasteiger partial charge in [0.05, 0.1) is 17.8 Å². The van der Waals surface area contributed by atoms with Gasteiger partial charge < -0.3 is 45.3 Å². The summed E-state index contributed by atoms with van der Waals surface area (Å²) in [7, 11) is 0. The number of likely N-dealkylation sites (tertiary alicyclic amines) is 1. The van der Waals surface area contributed by atoms with Gasteiger partial charge >= 0.3 is 18.0 Å². The van der Waals surface area contributed by atoms with Crippen LogP contribution in [0.3, 0.4) is 0 Å². The highest BCUT2D eigenvalue weighted by Gasteiger charge is 2.61. The number of carbonyl (C=O) groups is 5. The number of carbonyl (C=O) groups excluding carboxylic acids is 3. The Morgan fingerprint density at radius 3 is 2.41 bits per heavy atom. The number of hydrogen-bond acceptors (Lipinski definition) is 12. The quantitative estimate of drug-likeness (QED) is 0.127. The summed E-state index contributed by atoms with van der Waals surface area (Å²) in [5.74, 6) is -2.24. The lowest BCUT2D eigenvalue weighted by Gasteiger charge is -2.35. The maximum absolute atomic E-state index is 14.7. The van der Waals surface area contributed by atoms with Crippen molar-refractivity contribution in [1.29, 1.82) is 0 Å². The Hall–Kier alpha value is -5.45. The van der Waals surface area contributed by atoms with Crippen molar-refractivity contribution >= 4 is 57.2 Å². The van der Waals surface area contributed by atoms with Gasteiger partial charge in [-0.1, -0.05) is 26.8 Å². The molecule has 0 bridgehead atoms. The smallest absolute Gasteiger partial charge is 0.408 e. The van der Waals surface area contributed by atoms with Gasteiger partial charge in [0.15, 0.2) is 11.7 Å². The molecule has 1 aliphatic heterocycles. The van der Waals surface area contributed by atoms with Crippen LogP contribution >= 0.6 is 11.3 Å². The van der Waals surface area contributed by atoms with Crippen molar-refractivity contribution in [3.8, 4) is 22.9 Å². The molecule has 0 spiro atoms. The molecule has 3 heterocycles. The molecule has 1 aromatic carbocycles. The van der Waals surface area contributed by atoms with Crippen LogP contribution < -0.4 is 25.4 Å². The van der Waals surface area contributed by atoms with E-state index >= 15 is 0 Å². The number of amides is 3. The van der Waals surface area contributed by atoms with E-state index in [1.807, 2.05) is 19.2 Å². The van der Waals surface area contributed by atoms with Crippen molar-refractivity contribution in [1.82, 2.24) is 25.5 Å². The largest absolute Gasteiger partial charge is 0.488 e. The summed E-state index contributed by atoms with van der Waals surface area (Å²) in [6, 6.07) is 4.48. The second-order valence-corrected chi connectivity index (χ2v) is 18.1. The van der Waals surface area contributed by atoms with Crippen LogP contribution in [0, 0.1) is 23.2 Å². The van der Waals surface area contributed by atoms with Crippen molar-refractivity contribution in [2.24, 2.45) is 23.2 Å². The van der Waals surface area contributed by atoms with Crippen molar-refractivity contribution in [3.63, 3.8) is 0 Å². The number of carboxylic acids is 2.